The van der Waals surface area contributed by atoms with E-state index in [-0.39, 0.29) is 11.5 Å². The van der Waals surface area contributed by atoms with Crippen LogP contribution in [0, 0.1) is 0 Å². The molecule has 0 aliphatic heterocycles. The summed E-state index contributed by atoms with van der Waals surface area (Å²) in [5, 5.41) is 18.7. The van der Waals surface area contributed by atoms with Gasteiger partial charge in [0.15, 0.2) is 0 Å². The highest BCUT2D eigenvalue weighted by atomic mass is 16.1. The molecule has 8 nitrogen and oxygen atoms in total. The van der Waals surface area contributed by atoms with Crippen LogP contribution in [0.2, 0.25) is 0 Å². The van der Waals surface area contributed by atoms with Crippen LogP contribution in [0.3, 0.4) is 0 Å². The molecular formula is C21H20N6O2. The van der Waals surface area contributed by atoms with Gasteiger partial charge < -0.3 is 5.32 Å². The number of aromatic nitrogens is 5. The van der Waals surface area contributed by atoms with Crippen LogP contribution >= 0.6 is 0 Å². The Morgan fingerprint density at radius 3 is 2.76 bits per heavy atom. The van der Waals surface area contributed by atoms with E-state index in [0.717, 1.165) is 30.3 Å². The van der Waals surface area contributed by atoms with Crippen molar-refractivity contribution in [3.63, 3.8) is 0 Å². The van der Waals surface area contributed by atoms with Gasteiger partial charge in [-0.3, -0.25) is 14.3 Å². The van der Waals surface area contributed by atoms with Gasteiger partial charge >= 0.3 is 0 Å². The standard InChI is InChI=1S/C21H20N6O2/c28-19(10-3-4-12-27-13-11-22-26-27)23-16-7-5-6-15(14-16)20-17-8-1-2-9-18(17)21(29)25-24-20/h1-2,5-9,11,13-14H,3-4,10,12H2,(H,23,28)(H,25,29). The van der Waals surface area contributed by atoms with Crippen molar-refractivity contribution in [3.8, 4) is 11.3 Å². The monoisotopic (exact) mass is 388 g/mol. The maximum atomic E-state index is 12.3. The molecule has 4 aromatic rings. The fourth-order valence-electron chi connectivity index (χ4n) is 3.21. The lowest BCUT2D eigenvalue weighted by Crippen LogP contribution is -2.12. The average Bonchev–Trinajstić information content (AvgIpc) is 3.25. The van der Waals surface area contributed by atoms with E-state index in [4.69, 9.17) is 0 Å². The maximum absolute atomic E-state index is 12.3. The lowest BCUT2D eigenvalue weighted by Gasteiger charge is -2.09. The molecule has 1 amide bonds. The predicted octanol–water partition coefficient (Wildman–Crippen LogP) is 2.99. The Labute approximate surface area is 166 Å². The molecule has 4 rings (SSSR count). The molecule has 2 heterocycles. The topological polar surface area (TPSA) is 106 Å². The number of benzene rings is 2. The minimum absolute atomic E-state index is 0.0416. The van der Waals surface area contributed by atoms with Crippen molar-refractivity contribution in [3.05, 3.63) is 71.3 Å². The van der Waals surface area contributed by atoms with Crippen LogP contribution < -0.4 is 10.9 Å². The third-order valence-corrected chi connectivity index (χ3v) is 4.63. The first kappa shape index (κ1) is 18.5. The Bertz CT molecular complexity index is 1180. The molecule has 8 heteroatoms. The highest BCUT2D eigenvalue weighted by Gasteiger charge is 2.10. The molecule has 0 unspecified atom stereocenters. The van der Waals surface area contributed by atoms with Gasteiger partial charge in [0.1, 0.15) is 0 Å². The molecule has 0 fully saturated rings. The SMILES string of the molecule is O=C(CCCCn1ccnn1)Nc1cccc(-c2n[nH]c(=O)c3ccccc23)c1. The zero-order chi connectivity index (χ0) is 20.1. The van der Waals surface area contributed by atoms with Crippen molar-refractivity contribution in [2.75, 3.05) is 5.32 Å². The van der Waals surface area contributed by atoms with Crippen molar-refractivity contribution in [2.45, 2.75) is 25.8 Å². The number of fused-ring (bicyclic) bond motifs is 1. The molecule has 2 N–H and O–H groups in total. The van der Waals surface area contributed by atoms with Gasteiger partial charge in [-0.25, -0.2) is 5.10 Å². The molecule has 0 aliphatic carbocycles. The first-order valence-electron chi connectivity index (χ1n) is 9.42. The summed E-state index contributed by atoms with van der Waals surface area (Å²) in [5.41, 5.74) is 1.96. The van der Waals surface area contributed by atoms with Crippen molar-refractivity contribution in [1.82, 2.24) is 25.2 Å². The van der Waals surface area contributed by atoms with E-state index >= 15 is 0 Å². The Balaban J connectivity index is 1.43. The second-order valence-corrected chi connectivity index (χ2v) is 6.70. The van der Waals surface area contributed by atoms with Crippen molar-refractivity contribution in [1.29, 1.82) is 0 Å². The normalized spacial score (nSPS) is 10.9. The largest absolute Gasteiger partial charge is 0.326 e. The molecule has 29 heavy (non-hydrogen) atoms. The van der Waals surface area contributed by atoms with Gasteiger partial charge in [-0.05, 0) is 31.0 Å². The second kappa shape index (κ2) is 8.47. The third-order valence-electron chi connectivity index (χ3n) is 4.63. The van der Waals surface area contributed by atoms with Crippen molar-refractivity contribution < 1.29 is 4.79 Å². The third kappa shape index (κ3) is 4.37. The van der Waals surface area contributed by atoms with Gasteiger partial charge in [-0.1, -0.05) is 35.5 Å². The molecule has 0 saturated heterocycles. The molecule has 0 spiro atoms. The Kier molecular flexibility index (Phi) is 5.42. The number of nitrogens with zero attached hydrogens (tertiary/aromatic N) is 4. The van der Waals surface area contributed by atoms with E-state index in [1.54, 1.807) is 23.1 Å². The van der Waals surface area contributed by atoms with Crippen LogP contribution in [0.25, 0.3) is 22.0 Å². The molecule has 2 aromatic carbocycles. The number of rotatable bonds is 7. The number of anilines is 1. The van der Waals surface area contributed by atoms with Crippen molar-refractivity contribution >= 4 is 22.4 Å². The number of H-pyrrole nitrogens is 1. The average molecular weight is 388 g/mol. The van der Waals surface area contributed by atoms with E-state index in [1.165, 1.54) is 0 Å². The minimum Gasteiger partial charge on any atom is -0.326 e. The van der Waals surface area contributed by atoms with E-state index < -0.39 is 0 Å². The number of carbonyl (C=O) groups excluding carboxylic acids is 1. The van der Waals surface area contributed by atoms with Crippen LogP contribution in [0.15, 0.2) is 65.7 Å². The highest BCUT2D eigenvalue weighted by molar-refractivity contribution is 5.95. The quantitative estimate of drug-likeness (QED) is 0.474. The van der Waals surface area contributed by atoms with E-state index in [1.807, 2.05) is 42.5 Å². The second-order valence-electron chi connectivity index (χ2n) is 6.70. The number of nitrogens with one attached hydrogen (secondary N) is 2. The maximum Gasteiger partial charge on any atom is 0.272 e. The number of carbonyl (C=O) groups is 1. The Morgan fingerprint density at radius 1 is 1.07 bits per heavy atom. The molecule has 2 aromatic heterocycles. The molecule has 146 valence electrons. The Hall–Kier alpha value is -3.81. The van der Waals surface area contributed by atoms with Gasteiger partial charge in [0.25, 0.3) is 5.56 Å². The zero-order valence-corrected chi connectivity index (χ0v) is 15.7. The van der Waals surface area contributed by atoms with Gasteiger partial charge in [-0.2, -0.15) is 5.10 Å². The van der Waals surface area contributed by atoms with Crippen LogP contribution in [-0.4, -0.2) is 31.1 Å². The lowest BCUT2D eigenvalue weighted by atomic mass is 10.0. The molecular weight excluding hydrogens is 368 g/mol. The van der Waals surface area contributed by atoms with Crippen molar-refractivity contribution in [2.24, 2.45) is 0 Å². The molecule has 0 aliphatic rings. The fourth-order valence-corrected chi connectivity index (χ4v) is 3.21. The van der Waals surface area contributed by atoms with Crippen LogP contribution in [0.1, 0.15) is 19.3 Å². The predicted molar refractivity (Wildman–Crippen MR) is 110 cm³/mol. The smallest absolute Gasteiger partial charge is 0.272 e. The molecule has 0 saturated carbocycles. The minimum atomic E-state index is -0.222. The summed E-state index contributed by atoms with van der Waals surface area (Å²) in [6.45, 7) is 0.744. The number of aromatic amines is 1. The van der Waals surface area contributed by atoms with Gasteiger partial charge in [0.05, 0.1) is 17.3 Å². The zero-order valence-electron chi connectivity index (χ0n) is 15.7. The van der Waals surface area contributed by atoms with E-state index in [9.17, 15) is 9.59 Å². The molecule has 0 bridgehead atoms. The summed E-state index contributed by atoms with van der Waals surface area (Å²) in [6.07, 6.45) is 5.49. The van der Waals surface area contributed by atoms with Crippen LogP contribution in [-0.2, 0) is 11.3 Å². The number of amides is 1. The molecule has 0 radical (unpaired) electrons. The summed E-state index contributed by atoms with van der Waals surface area (Å²) < 4.78 is 1.75. The Morgan fingerprint density at radius 2 is 1.93 bits per heavy atom. The van der Waals surface area contributed by atoms with E-state index in [2.05, 4.69) is 25.8 Å². The fraction of sp³-hybridized carbons (Fsp3) is 0.190. The number of hydrogen-bond donors (Lipinski definition) is 2. The summed E-state index contributed by atoms with van der Waals surface area (Å²) in [7, 11) is 0. The summed E-state index contributed by atoms with van der Waals surface area (Å²) in [6, 6.07) is 14.8. The first-order chi connectivity index (χ1) is 14.2. The number of hydrogen-bond acceptors (Lipinski definition) is 5. The number of aryl methyl sites for hydroxylation is 1. The number of unbranched alkanes of at least 4 members (excludes halogenated alkanes) is 1. The summed E-state index contributed by atoms with van der Waals surface area (Å²) >= 11 is 0. The summed E-state index contributed by atoms with van der Waals surface area (Å²) in [4.78, 5) is 24.3. The molecule has 0 atom stereocenters. The van der Waals surface area contributed by atoms with E-state index in [0.29, 0.717) is 23.2 Å². The lowest BCUT2D eigenvalue weighted by molar-refractivity contribution is -0.116. The first-order valence-corrected chi connectivity index (χ1v) is 9.42. The van der Waals surface area contributed by atoms with Crippen LogP contribution in [0.4, 0.5) is 5.69 Å². The van der Waals surface area contributed by atoms with Crippen LogP contribution in [0.5, 0.6) is 0 Å². The van der Waals surface area contributed by atoms with Gasteiger partial charge in [0.2, 0.25) is 5.91 Å². The van der Waals surface area contributed by atoms with Gasteiger partial charge in [-0.15, -0.1) is 5.10 Å². The summed E-state index contributed by atoms with van der Waals surface area (Å²) in [5.74, 6) is -0.0416. The van der Waals surface area contributed by atoms with Gasteiger partial charge in [0, 0.05) is 35.8 Å². The highest BCUT2D eigenvalue weighted by Crippen LogP contribution is 2.26.